The molecule has 2 saturated heterocycles. The average Bonchev–Trinajstić information content (AvgIpc) is 2.49. The van der Waals surface area contributed by atoms with Crippen molar-refractivity contribution >= 4 is 10.8 Å². The first-order valence-corrected chi connectivity index (χ1v) is 8.69. The molecule has 2 heterocycles. The van der Waals surface area contributed by atoms with Gasteiger partial charge in [-0.25, -0.2) is 0 Å². The Morgan fingerprint density at radius 1 is 1.16 bits per heavy atom. The molecule has 2 aliphatic rings. The standard InChI is InChI=1S/C15H22N2OS/c18-19-10-6-14(7-11-19)17-9-8-16-15(12-17)13-4-2-1-3-5-13/h1-5,14-16H,6-12H2. The van der Waals surface area contributed by atoms with Crippen molar-refractivity contribution in [2.75, 3.05) is 31.1 Å². The van der Waals surface area contributed by atoms with Crippen molar-refractivity contribution in [3.05, 3.63) is 35.9 Å². The van der Waals surface area contributed by atoms with E-state index in [4.69, 9.17) is 0 Å². The lowest BCUT2D eigenvalue weighted by Crippen LogP contribution is -2.51. The molecule has 2 fully saturated rings. The van der Waals surface area contributed by atoms with Crippen molar-refractivity contribution in [3.8, 4) is 0 Å². The molecule has 3 nitrogen and oxygen atoms in total. The molecule has 1 aromatic carbocycles. The van der Waals surface area contributed by atoms with Crippen molar-refractivity contribution in [1.82, 2.24) is 10.2 Å². The topological polar surface area (TPSA) is 32.3 Å². The predicted octanol–water partition coefficient (Wildman–Crippen LogP) is 1.54. The molecule has 0 spiro atoms. The molecule has 1 atom stereocenters. The lowest BCUT2D eigenvalue weighted by molar-refractivity contribution is 0.135. The molecule has 0 aliphatic carbocycles. The number of benzene rings is 1. The van der Waals surface area contributed by atoms with Crippen molar-refractivity contribution in [3.63, 3.8) is 0 Å². The summed E-state index contributed by atoms with van der Waals surface area (Å²) in [6.07, 6.45) is 2.21. The van der Waals surface area contributed by atoms with Crippen LogP contribution in [0.3, 0.4) is 0 Å². The van der Waals surface area contributed by atoms with Gasteiger partial charge in [-0.2, -0.15) is 0 Å². The molecule has 4 heteroatoms. The molecule has 0 bridgehead atoms. The predicted molar refractivity (Wildman–Crippen MR) is 79.7 cm³/mol. The molecule has 3 rings (SSSR count). The Hall–Kier alpha value is -0.710. The van der Waals surface area contributed by atoms with E-state index in [0.717, 1.165) is 44.0 Å². The molecule has 0 aromatic heterocycles. The smallest absolute Gasteiger partial charge is 0.0449 e. The molecule has 19 heavy (non-hydrogen) atoms. The summed E-state index contributed by atoms with van der Waals surface area (Å²) in [5, 5.41) is 3.61. The van der Waals surface area contributed by atoms with Gasteiger partial charge in [-0.05, 0) is 18.4 Å². The second-order valence-corrected chi connectivity index (χ2v) is 7.19. The van der Waals surface area contributed by atoms with Crippen LogP contribution in [0.15, 0.2) is 30.3 Å². The van der Waals surface area contributed by atoms with Crippen LogP contribution >= 0.6 is 0 Å². The second kappa shape index (κ2) is 6.16. The van der Waals surface area contributed by atoms with Gasteiger partial charge in [0.1, 0.15) is 0 Å². The zero-order valence-corrected chi connectivity index (χ0v) is 12.1. The lowest BCUT2D eigenvalue weighted by Gasteiger charge is -2.40. The highest BCUT2D eigenvalue weighted by atomic mass is 32.2. The van der Waals surface area contributed by atoms with Gasteiger partial charge in [0.15, 0.2) is 0 Å². The Morgan fingerprint density at radius 3 is 2.63 bits per heavy atom. The summed E-state index contributed by atoms with van der Waals surface area (Å²) in [6, 6.07) is 11.8. The monoisotopic (exact) mass is 278 g/mol. The van der Waals surface area contributed by atoms with E-state index in [2.05, 4.69) is 40.5 Å². The number of nitrogens with zero attached hydrogens (tertiary/aromatic N) is 1. The van der Waals surface area contributed by atoms with E-state index >= 15 is 0 Å². The minimum Gasteiger partial charge on any atom is -0.308 e. The first-order valence-electron chi connectivity index (χ1n) is 7.20. The average molecular weight is 278 g/mol. The molecular formula is C15H22N2OS. The molecule has 1 aromatic rings. The van der Waals surface area contributed by atoms with Gasteiger partial charge >= 0.3 is 0 Å². The van der Waals surface area contributed by atoms with Gasteiger partial charge < -0.3 is 5.32 Å². The summed E-state index contributed by atoms with van der Waals surface area (Å²) in [6.45, 7) is 3.26. The van der Waals surface area contributed by atoms with Crippen LogP contribution in [0.1, 0.15) is 24.4 Å². The molecule has 1 N–H and O–H groups in total. The van der Waals surface area contributed by atoms with Crippen LogP contribution in [0, 0.1) is 0 Å². The van der Waals surface area contributed by atoms with Gasteiger partial charge in [0.2, 0.25) is 0 Å². The highest BCUT2D eigenvalue weighted by Gasteiger charge is 2.28. The van der Waals surface area contributed by atoms with Gasteiger partial charge in [0, 0.05) is 54.0 Å². The summed E-state index contributed by atoms with van der Waals surface area (Å²) in [5.41, 5.74) is 1.38. The summed E-state index contributed by atoms with van der Waals surface area (Å²) in [4.78, 5) is 2.60. The molecule has 104 valence electrons. The number of hydrogen-bond acceptors (Lipinski definition) is 3. The largest absolute Gasteiger partial charge is 0.308 e. The number of piperazine rings is 1. The molecule has 0 amide bonds. The summed E-state index contributed by atoms with van der Waals surface area (Å²) >= 11 is 0. The normalized spacial score (nSPS) is 33.2. The Bertz CT molecular complexity index is 427. The van der Waals surface area contributed by atoms with E-state index < -0.39 is 10.8 Å². The van der Waals surface area contributed by atoms with Gasteiger partial charge in [-0.1, -0.05) is 30.3 Å². The second-order valence-electron chi connectivity index (χ2n) is 5.49. The first kappa shape index (κ1) is 13.3. The third-order valence-electron chi connectivity index (χ3n) is 4.28. The maximum atomic E-state index is 11.5. The first-order chi connectivity index (χ1) is 9.33. The molecule has 2 aliphatic heterocycles. The van der Waals surface area contributed by atoms with Gasteiger partial charge in [0.05, 0.1) is 0 Å². The van der Waals surface area contributed by atoms with E-state index in [1.807, 2.05) is 0 Å². The highest BCUT2D eigenvalue weighted by Crippen LogP contribution is 2.22. The summed E-state index contributed by atoms with van der Waals surface area (Å²) in [5.74, 6) is 1.79. The fraction of sp³-hybridized carbons (Fsp3) is 0.600. The Balaban J connectivity index is 1.63. The van der Waals surface area contributed by atoms with Gasteiger partial charge in [-0.15, -0.1) is 0 Å². The Labute approximate surface area is 117 Å². The minimum atomic E-state index is -0.552. The maximum Gasteiger partial charge on any atom is 0.0449 e. The molecule has 0 radical (unpaired) electrons. The number of hydrogen-bond donors (Lipinski definition) is 1. The van der Waals surface area contributed by atoms with Crippen LogP contribution in [0.5, 0.6) is 0 Å². The Kier molecular flexibility index (Phi) is 4.31. The van der Waals surface area contributed by atoms with Crippen LogP contribution in [-0.4, -0.2) is 46.3 Å². The van der Waals surface area contributed by atoms with E-state index in [-0.39, 0.29) is 0 Å². The van der Waals surface area contributed by atoms with E-state index in [0.29, 0.717) is 12.1 Å². The lowest BCUT2D eigenvalue weighted by atomic mass is 10.0. The zero-order valence-electron chi connectivity index (χ0n) is 11.3. The fourth-order valence-corrected chi connectivity index (χ4v) is 4.43. The zero-order chi connectivity index (χ0) is 13.1. The summed E-state index contributed by atoms with van der Waals surface area (Å²) < 4.78 is 11.5. The molecule has 1 unspecified atom stereocenters. The molecular weight excluding hydrogens is 256 g/mol. The quantitative estimate of drug-likeness (QED) is 0.891. The van der Waals surface area contributed by atoms with E-state index in [1.54, 1.807) is 0 Å². The van der Waals surface area contributed by atoms with Crippen LogP contribution in [0.25, 0.3) is 0 Å². The van der Waals surface area contributed by atoms with Crippen molar-refractivity contribution < 1.29 is 4.21 Å². The van der Waals surface area contributed by atoms with Crippen LogP contribution < -0.4 is 5.32 Å². The van der Waals surface area contributed by atoms with E-state index in [9.17, 15) is 4.21 Å². The number of rotatable bonds is 2. The van der Waals surface area contributed by atoms with Crippen LogP contribution in [-0.2, 0) is 10.8 Å². The Morgan fingerprint density at radius 2 is 1.89 bits per heavy atom. The highest BCUT2D eigenvalue weighted by molar-refractivity contribution is 7.85. The van der Waals surface area contributed by atoms with Crippen molar-refractivity contribution in [2.45, 2.75) is 24.9 Å². The third-order valence-corrected chi connectivity index (χ3v) is 5.66. The SMILES string of the molecule is O=S1CCC(N2CCNC(c3ccccc3)C2)CC1. The van der Waals surface area contributed by atoms with Crippen LogP contribution in [0.2, 0.25) is 0 Å². The van der Waals surface area contributed by atoms with Crippen LogP contribution in [0.4, 0.5) is 0 Å². The maximum absolute atomic E-state index is 11.5. The third kappa shape index (κ3) is 3.25. The van der Waals surface area contributed by atoms with Gasteiger partial charge in [0.25, 0.3) is 0 Å². The fourth-order valence-electron chi connectivity index (χ4n) is 3.16. The number of nitrogens with one attached hydrogen (secondary N) is 1. The van der Waals surface area contributed by atoms with Crippen molar-refractivity contribution in [2.24, 2.45) is 0 Å². The van der Waals surface area contributed by atoms with E-state index in [1.165, 1.54) is 5.56 Å². The summed E-state index contributed by atoms with van der Waals surface area (Å²) in [7, 11) is -0.552. The van der Waals surface area contributed by atoms with Crippen molar-refractivity contribution in [1.29, 1.82) is 0 Å². The minimum absolute atomic E-state index is 0.447. The molecule has 0 saturated carbocycles. The van der Waals surface area contributed by atoms with Gasteiger partial charge in [-0.3, -0.25) is 9.11 Å².